The molecule has 0 saturated heterocycles. The van der Waals surface area contributed by atoms with Crippen molar-refractivity contribution in [1.29, 1.82) is 5.26 Å². The predicted molar refractivity (Wildman–Crippen MR) is 51.0 cm³/mol. The minimum atomic E-state index is -0.976. The highest BCUT2D eigenvalue weighted by molar-refractivity contribution is 6.32. The third-order valence-corrected chi connectivity index (χ3v) is 2.25. The van der Waals surface area contributed by atoms with Gasteiger partial charge in [-0.2, -0.15) is 10.4 Å². The Morgan fingerprint density at radius 3 is 2.75 bits per heavy atom. The van der Waals surface area contributed by atoms with E-state index in [0.29, 0.717) is 0 Å². The number of benzene rings is 1. The molecule has 0 radical (unpaired) electrons. The van der Waals surface area contributed by atoms with Gasteiger partial charge in [0.05, 0.1) is 5.56 Å². The van der Waals surface area contributed by atoms with Gasteiger partial charge in [0.25, 0.3) is 0 Å². The van der Waals surface area contributed by atoms with Crippen molar-refractivity contribution >= 4 is 11.6 Å². The molecule has 0 unspecified atom stereocenters. The summed E-state index contributed by atoms with van der Waals surface area (Å²) in [6.45, 7) is 0. The van der Waals surface area contributed by atoms with Crippen LogP contribution >= 0.6 is 11.6 Å². The first-order valence-corrected chi connectivity index (χ1v) is 4.45. The highest BCUT2D eigenvalue weighted by Gasteiger charge is 2.18. The molecule has 2 rings (SSSR count). The summed E-state index contributed by atoms with van der Waals surface area (Å²) in [6, 6.07) is 2.27. The number of aromatic nitrogens is 3. The highest BCUT2D eigenvalue weighted by Crippen LogP contribution is 2.28. The van der Waals surface area contributed by atoms with Crippen molar-refractivity contribution in [3.63, 3.8) is 0 Å². The lowest BCUT2D eigenvalue weighted by atomic mass is 10.2. The number of halogens is 3. The van der Waals surface area contributed by atoms with Gasteiger partial charge in [-0.1, -0.05) is 11.6 Å². The summed E-state index contributed by atoms with van der Waals surface area (Å²) in [5, 5.41) is 11.7. The fourth-order valence-electron chi connectivity index (χ4n) is 1.20. The minimum absolute atomic E-state index is 0.268. The van der Waals surface area contributed by atoms with Gasteiger partial charge >= 0.3 is 0 Å². The van der Waals surface area contributed by atoms with Gasteiger partial charge < -0.3 is 0 Å². The molecular formula is C9H3ClF2N4. The average molecular weight is 241 g/mol. The van der Waals surface area contributed by atoms with Crippen LogP contribution in [0.5, 0.6) is 0 Å². The van der Waals surface area contributed by atoms with Gasteiger partial charge in [0.15, 0.2) is 11.6 Å². The lowest BCUT2D eigenvalue weighted by Gasteiger charge is -2.06. The fraction of sp³-hybridized carbons (Fsp3) is 0. The zero-order valence-corrected chi connectivity index (χ0v) is 8.41. The van der Waals surface area contributed by atoms with Gasteiger partial charge in [-0.3, -0.25) is 0 Å². The van der Waals surface area contributed by atoms with E-state index < -0.39 is 22.2 Å². The van der Waals surface area contributed by atoms with Gasteiger partial charge in [0, 0.05) is 0 Å². The molecule has 80 valence electrons. The topological polar surface area (TPSA) is 54.5 Å². The van der Waals surface area contributed by atoms with E-state index in [1.54, 1.807) is 0 Å². The average Bonchev–Trinajstić information content (AvgIpc) is 2.77. The van der Waals surface area contributed by atoms with Crippen LogP contribution in [0.4, 0.5) is 8.78 Å². The molecule has 1 aromatic carbocycles. The molecule has 0 aliphatic carbocycles. The van der Waals surface area contributed by atoms with Crippen LogP contribution in [0.1, 0.15) is 5.56 Å². The molecule has 0 aliphatic rings. The summed E-state index contributed by atoms with van der Waals surface area (Å²) in [7, 11) is 0. The van der Waals surface area contributed by atoms with Crippen LogP contribution in [-0.4, -0.2) is 14.8 Å². The van der Waals surface area contributed by atoms with Crippen molar-refractivity contribution < 1.29 is 8.78 Å². The van der Waals surface area contributed by atoms with E-state index >= 15 is 0 Å². The predicted octanol–water partition coefficient (Wildman–Crippen LogP) is 2.07. The molecule has 0 atom stereocenters. The molecule has 2 aromatic rings. The van der Waals surface area contributed by atoms with Gasteiger partial charge in [0.2, 0.25) is 0 Å². The van der Waals surface area contributed by atoms with Crippen LogP contribution in [-0.2, 0) is 0 Å². The smallest absolute Gasteiger partial charge is 0.161 e. The van der Waals surface area contributed by atoms with Crippen LogP contribution in [0, 0.1) is 23.0 Å². The largest absolute Gasteiger partial charge is 0.223 e. The third-order valence-electron chi connectivity index (χ3n) is 1.90. The Hall–Kier alpha value is -2.00. The van der Waals surface area contributed by atoms with Crippen molar-refractivity contribution in [3.05, 3.63) is 40.9 Å². The van der Waals surface area contributed by atoms with E-state index in [0.717, 1.165) is 17.1 Å². The van der Waals surface area contributed by atoms with Gasteiger partial charge in [0.1, 0.15) is 29.4 Å². The lowest BCUT2D eigenvalue weighted by Crippen LogP contribution is -2.03. The zero-order chi connectivity index (χ0) is 11.7. The first-order chi connectivity index (χ1) is 7.65. The van der Waals surface area contributed by atoms with Crippen molar-refractivity contribution in [2.75, 3.05) is 0 Å². The summed E-state index contributed by atoms with van der Waals surface area (Å²) in [5.74, 6) is -1.82. The number of nitrogens with zero attached hydrogens (tertiary/aromatic N) is 4. The second-order valence-electron chi connectivity index (χ2n) is 2.83. The second kappa shape index (κ2) is 3.87. The molecule has 0 fully saturated rings. The lowest BCUT2D eigenvalue weighted by molar-refractivity contribution is 0.584. The number of hydrogen-bond donors (Lipinski definition) is 0. The first kappa shape index (κ1) is 10.5. The summed E-state index contributed by atoms with van der Waals surface area (Å²) in [4.78, 5) is 3.59. The van der Waals surface area contributed by atoms with E-state index in [1.807, 2.05) is 0 Å². The van der Waals surface area contributed by atoms with E-state index in [4.69, 9.17) is 16.9 Å². The zero-order valence-electron chi connectivity index (χ0n) is 7.65. The van der Waals surface area contributed by atoms with Gasteiger partial charge in [-0.25, -0.2) is 18.4 Å². The molecule has 0 amide bonds. The van der Waals surface area contributed by atoms with Crippen molar-refractivity contribution in [2.45, 2.75) is 0 Å². The Kier molecular flexibility index (Phi) is 2.54. The summed E-state index contributed by atoms with van der Waals surface area (Å²) in [6.07, 6.45) is 2.33. The van der Waals surface area contributed by atoms with Crippen LogP contribution in [0.3, 0.4) is 0 Å². The molecule has 7 heteroatoms. The maximum atomic E-state index is 13.6. The molecule has 0 spiro atoms. The van der Waals surface area contributed by atoms with Gasteiger partial charge in [-0.15, -0.1) is 0 Å². The SMILES string of the molecule is N#Cc1cc(F)c(-n2cncn2)c(Cl)c1F. The van der Waals surface area contributed by atoms with Crippen LogP contribution in [0.15, 0.2) is 18.7 Å². The third kappa shape index (κ3) is 1.51. The van der Waals surface area contributed by atoms with Crippen molar-refractivity contribution in [1.82, 2.24) is 14.8 Å². The molecule has 4 nitrogen and oxygen atoms in total. The molecule has 1 heterocycles. The Morgan fingerprint density at radius 1 is 1.44 bits per heavy atom. The monoisotopic (exact) mass is 240 g/mol. The fourth-order valence-corrected chi connectivity index (χ4v) is 1.48. The number of nitriles is 1. The molecule has 0 saturated carbocycles. The van der Waals surface area contributed by atoms with E-state index in [2.05, 4.69) is 10.1 Å². The quantitative estimate of drug-likeness (QED) is 0.717. The maximum absolute atomic E-state index is 13.6. The Labute approximate surface area is 93.7 Å². The van der Waals surface area contributed by atoms with E-state index in [-0.39, 0.29) is 5.69 Å². The van der Waals surface area contributed by atoms with Crippen molar-refractivity contribution in [2.24, 2.45) is 0 Å². The highest BCUT2D eigenvalue weighted by atomic mass is 35.5. The second-order valence-corrected chi connectivity index (χ2v) is 3.21. The first-order valence-electron chi connectivity index (χ1n) is 4.07. The molecular weight excluding hydrogens is 238 g/mol. The normalized spacial score (nSPS) is 10.1. The standard InChI is InChI=1S/C9H3ClF2N4/c10-7-8(12)5(2-13)1-6(11)9(7)16-4-14-3-15-16/h1,3-4H. The Bertz CT molecular complexity index is 574. The van der Waals surface area contributed by atoms with E-state index in [9.17, 15) is 8.78 Å². The molecule has 16 heavy (non-hydrogen) atoms. The molecule has 1 aromatic heterocycles. The van der Waals surface area contributed by atoms with E-state index in [1.165, 1.54) is 12.4 Å². The van der Waals surface area contributed by atoms with Gasteiger partial charge in [-0.05, 0) is 6.07 Å². The summed E-state index contributed by atoms with van der Waals surface area (Å²) < 4.78 is 28.0. The summed E-state index contributed by atoms with van der Waals surface area (Å²) >= 11 is 5.62. The van der Waals surface area contributed by atoms with Crippen LogP contribution in [0.2, 0.25) is 5.02 Å². The summed E-state index contributed by atoms with van der Waals surface area (Å²) in [5.41, 5.74) is -0.720. The molecule has 0 aliphatic heterocycles. The van der Waals surface area contributed by atoms with Crippen molar-refractivity contribution in [3.8, 4) is 11.8 Å². The Balaban J connectivity index is 2.74. The number of rotatable bonds is 1. The minimum Gasteiger partial charge on any atom is -0.223 e. The molecule has 0 bridgehead atoms. The number of hydrogen-bond acceptors (Lipinski definition) is 3. The van der Waals surface area contributed by atoms with Crippen LogP contribution in [0.25, 0.3) is 5.69 Å². The van der Waals surface area contributed by atoms with Crippen LogP contribution < -0.4 is 0 Å². The maximum Gasteiger partial charge on any atom is 0.161 e. The Morgan fingerprint density at radius 2 is 2.19 bits per heavy atom. The molecule has 0 N–H and O–H groups in total.